The predicted molar refractivity (Wildman–Crippen MR) is 74.3 cm³/mol. The van der Waals surface area contributed by atoms with E-state index >= 15 is 0 Å². The second-order valence-corrected chi connectivity index (χ2v) is 4.75. The van der Waals surface area contributed by atoms with Gasteiger partial charge in [0.15, 0.2) is 0 Å². The number of thiophene rings is 1. The zero-order valence-electron chi connectivity index (χ0n) is 10.9. The number of nitrogens with zero attached hydrogens (tertiary/aromatic N) is 2. The van der Waals surface area contributed by atoms with E-state index in [0.717, 1.165) is 12.4 Å². The molecule has 18 heavy (non-hydrogen) atoms. The standard InChI is InChI=1S/C13H17N3OS/c1-4-17-13-5-12(15-10(3)16-13)14-6-11-8-18-7-9(11)2/h5,7-8H,4,6H2,1-3H3,(H,14,15,16). The molecule has 0 saturated heterocycles. The number of aryl methyl sites for hydroxylation is 2. The SMILES string of the molecule is CCOc1cc(NCc2cscc2C)nc(C)n1. The first kappa shape index (κ1) is 12.8. The molecule has 0 bridgehead atoms. The summed E-state index contributed by atoms with van der Waals surface area (Å²) in [5, 5.41) is 7.60. The minimum atomic E-state index is 0.611. The molecule has 4 nitrogen and oxygen atoms in total. The summed E-state index contributed by atoms with van der Waals surface area (Å²) in [5.41, 5.74) is 2.61. The third-order valence-electron chi connectivity index (χ3n) is 2.53. The molecule has 0 aliphatic carbocycles. The fraction of sp³-hybridized carbons (Fsp3) is 0.385. The summed E-state index contributed by atoms with van der Waals surface area (Å²) < 4.78 is 5.40. The van der Waals surface area contributed by atoms with Crippen molar-refractivity contribution in [3.63, 3.8) is 0 Å². The smallest absolute Gasteiger partial charge is 0.218 e. The maximum Gasteiger partial charge on any atom is 0.218 e. The average molecular weight is 263 g/mol. The van der Waals surface area contributed by atoms with Crippen molar-refractivity contribution in [1.29, 1.82) is 0 Å². The number of hydrogen-bond acceptors (Lipinski definition) is 5. The lowest BCUT2D eigenvalue weighted by molar-refractivity contribution is 0.325. The molecule has 0 unspecified atom stereocenters. The minimum Gasteiger partial charge on any atom is -0.478 e. The second-order valence-electron chi connectivity index (χ2n) is 4.01. The van der Waals surface area contributed by atoms with Crippen LogP contribution in [0.1, 0.15) is 23.9 Å². The lowest BCUT2D eigenvalue weighted by Gasteiger charge is -2.08. The van der Waals surface area contributed by atoms with E-state index in [0.29, 0.717) is 18.3 Å². The monoisotopic (exact) mass is 263 g/mol. The molecular formula is C13H17N3OS. The van der Waals surface area contributed by atoms with Gasteiger partial charge in [-0.15, -0.1) is 0 Å². The van der Waals surface area contributed by atoms with Crippen LogP contribution in [-0.4, -0.2) is 16.6 Å². The van der Waals surface area contributed by atoms with Crippen molar-refractivity contribution in [2.24, 2.45) is 0 Å². The van der Waals surface area contributed by atoms with E-state index in [1.54, 1.807) is 11.3 Å². The molecular weight excluding hydrogens is 246 g/mol. The van der Waals surface area contributed by atoms with Gasteiger partial charge in [-0.1, -0.05) is 0 Å². The number of hydrogen-bond donors (Lipinski definition) is 1. The van der Waals surface area contributed by atoms with Gasteiger partial charge < -0.3 is 10.1 Å². The summed E-state index contributed by atoms with van der Waals surface area (Å²) in [6.07, 6.45) is 0. The van der Waals surface area contributed by atoms with E-state index in [1.165, 1.54) is 11.1 Å². The Bertz CT molecular complexity index is 525. The Hall–Kier alpha value is -1.62. The van der Waals surface area contributed by atoms with Gasteiger partial charge in [-0.3, -0.25) is 0 Å². The van der Waals surface area contributed by atoms with Gasteiger partial charge in [0.05, 0.1) is 6.61 Å². The normalized spacial score (nSPS) is 10.4. The lowest BCUT2D eigenvalue weighted by atomic mass is 10.2. The first-order valence-electron chi connectivity index (χ1n) is 5.93. The Balaban J connectivity index is 2.07. The molecule has 96 valence electrons. The number of aromatic nitrogens is 2. The number of rotatable bonds is 5. The fourth-order valence-electron chi connectivity index (χ4n) is 1.61. The van der Waals surface area contributed by atoms with E-state index in [4.69, 9.17) is 4.74 Å². The molecule has 2 aromatic rings. The summed E-state index contributed by atoms with van der Waals surface area (Å²) in [6.45, 7) is 7.31. The molecule has 0 fully saturated rings. The molecule has 0 aliphatic heterocycles. The largest absolute Gasteiger partial charge is 0.478 e. The van der Waals surface area contributed by atoms with Gasteiger partial charge in [-0.05, 0) is 42.7 Å². The third kappa shape index (κ3) is 3.20. The number of ether oxygens (including phenoxy) is 1. The topological polar surface area (TPSA) is 47.0 Å². The Kier molecular flexibility index (Phi) is 4.15. The minimum absolute atomic E-state index is 0.611. The highest BCUT2D eigenvalue weighted by Gasteiger charge is 2.04. The Morgan fingerprint density at radius 1 is 1.28 bits per heavy atom. The van der Waals surface area contributed by atoms with E-state index in [2.05, 4.69) is 33.0 Å². The van der Waals surface area contributed by atoms with Crippen LogP contribution in [0, 0.1) is 13.8 Å². The van der Waals surface area contributed by atoms with Gasteiger partial charge in [0.1, 0.15) is 11.6 Å². The van der Waals surface area contributed by atoms with Gasteiger partial charge in [0.25, 0.3) is 0 Å². The first-order chi connectivity index (χ1) is 8.69. The lowest BCUT2D eigenvalue weighted by Crippen LogP contribution is -2.05. The molecule has 0 amide bonds. The highest BCUT2D eigenvalue weighted by atomic mass is 32.1. The van der Waals surface area contributed by atoms with Crippen molar-refractivity contribution in [1.82, 2.24) is 9.97 Å². The van der Waals surface area contributed by atoms with Crippen LogP contribution in [0.4, 0.5) is 5.82 Å². The predicted octanol–water partition coefficient (Wildman–Crippen LogP) is 3.17. The highest BCUT2D eigenvalue weighted by molar-refractivity contribution is 7.08. The van der Waals surface area contributed by atoms with Gasteiger partial charge in [-0.2, -0.15) is 16.3 Å². The molecule has 0 atom stereocenters. The fourth-order valence-corrected chi connectivity index (χ4v) is 2.46. The molecule has 5 heteroatoms. The number of nitrogens with one attached hydrogen (secondary N) is 1. The Morgan fingerprint density at radius 3 is 2.78 bits per heavy atom. The van der Waals surface area contributed by atoms with Gasteiger partial charge in [0, 0.05) is 12.6 Å². The van der Waals surface area contributed by atoms with Crippen molar-refractivity contribution in [3.8, 4) is 5.88 Å². The van der Waals surface area contributed by atoms with Crippen LogP contribution < -0.4 is 10.1 Å². The van der Waals surface area contributed by atoms with E-state index in [-0.39, 0.29) is 0 Å². The molecule has 0 radical (unpaired) electrons. The van der Waals surface area contributed by atoms with Crippen LogP contribution in [0.25, 0.3) is 0 Å². The second kappa shape index (κ2) is 5.82. The van der Waals surface area contributed by atoms with Crippen molar-refractivity contribution in [2.75, 3.05) is 11.9 Å². The van der Waals surface area contributed by atoms with Gasteiger partial charge >= 0.3 is 0 Å². The average Bonchev–Trinajstić information content (AvgIpc) is 2.72. The van der Waals surface area contributed by atoms with Crippen molar-refractivity contribution in [2.45, 2.75) is 27.3 Å². The summed E-state index contributed by atoms with van der Waals surface area (Å²) in [4.78, 5) is 8.56. The molecule has 0 aliphatic rings. The van der Waals surface area contributed by atoms with Gasteiger partial charge in [-0.25, -0.2) is 4.98 Å². The highest BCUT2D eigenvalue weighted by Crippen LogP contribution is 2.17. The molecule has 0 saturated carbocycles. The maximum absolute atomic E-state index is 5.40. The molecule has 2 aromatic heterocycles. The quantitative estimate of drug-likeness (QED) is 0.900. The number of anilines is 1. The Labute approximate surface area is 111 Å². The van der Waals surface area contributed by atoms with Crippen LogP contribution in [-0.2, 0) is 6.54 Å². The molecule has 2 heterocycles. The van der Waals surface area contributed by atoms with Crippen LogP contribution >= 0.6 is 11.3 Å². The maximum atomic E-state index is 5.40. The van der Waals surface area contributed by atoms with E-state index in [9.17, 15) is 0 Å². The van der Waals surface area contributed by atoms with Crippen LogP contribution in [0.5, 0.6) is 5.88 Å². The van der Waals surface area contributed by atoms with E-state index in [1.807, 2.05) is 19.9 Å². The molecule has 1 N–H and O–H groups in total. The summed E-state index contributed by atoms with van der Waals surface area (Å²) in [5.74, 6) is 2.14. The van der Waals surface area contributed by atoms with Crippen molar-refractivity contribution >= 4 is 17.2 Å². The Morgan fingerprint density at radius 2 is 2.11 bits per heavy atom. The molecule has 0 aromatic carbocycles. The van der Waals surface area contributed by atoms with Crippen molar-refractivity contribution < 1.29 is 4.74 Å². The van der Waals surface area contributed by atoms with E-state index < -0.39 is 0 Å². The van der Waals surface area contributed by atoms with Crippen LogP contribution in [0.2, 0.25) is 0 Å². The molecule has 2 rings (SSSR count). The van der Waals surface area contributed by atoms with Crippen molar-refractivity contribution in [3.05, 3.63) is 33.8 Å². The van der Waals surface area contributed by atoms with Crippen LogP contribution in [0.15, 0.2) is 16.8 Å². The summed E-state index contributed by atoms with van der Waals surface area (Å²) in [7, 11) is 0. The van der Waals surface area contributed by atoms with Crippen LogP contribution in [0.3, 0.4) is 0 Å². The third-order valence-corrected chi connectivity index (χ3v) is 3.44. The summed E-state index contributed by atoms with van der Waals surface area (Å²) >= 11 is 1.72. The first-order valence-corrected chi connectivity index (χ1v) is 6.87. The molecule has 0 spiro atoms. The van der Waals surface area contributed by atoms with Gasteiger partial charge in [0.2, 0.25) is 5.88 Å². The zero-order valence-corrected chi connectivity index (χ0v) is 11.7. The summed E-state index contributed by atoms with van der Waals surface area (Å²) in [6, 6.07) is 1.83. The zero-order chi connectivity index (χ0) is 13.0.